The number of para-hydroxylation sites is 1. The van der Waals surface area contributed by atoms with Gasteiger partial charge in [0, 0.05) is 6.54 Å². The summed E-state index contributed by atoms with van der Waals surface area (Å²) in [6, 6.07) is 15.0. The van der Waals surface area contributed by atoms with Crippen LogP contribution in [0.1, 0.15) is 15.9 Å². The molecule has 0 bridgehead atoms. The number of hydrogen-bond acceptors (Lipinski definition) is 3. The second kappa shape index (κ2) is 7.69. The Morgan fingerprint density at radius 1 is 1.25 bits per heavy atom. The van der Waals surface area contributed by atoms with E-state index >= 15 is 0 Å². The molecule has 1 saturated heterocycles. The highest BCUT2D eigenvalue weighted by molar-refractivity contribution is 6.33. The van der Waals surface area contributed by atoms with Crippen LogP contribution in [0.5, 0.6) is 5.75 Å². The van der Waals surface area contributed by atoms with Gasteiger partial charge in [0.2, 0.25) is 0 Å². The van der Waals surface area contributed by atoms with Crippen molar-refractivity contribution in [3.63, 3.8) is 0 Å². The molecule has 4 nitrogen and oxygen atoms in total. The lowest BCUT2D eigenvalue weighted by atomic mass is 10.1. The van der Waals surface area contributed by atoms with Crippen LogP contribution in [0.3, 0.4) is 0 Å². The van der Waals surface area contributed by atoms with Crippen LogP contribution in [-0.2, 0) is 4.74 Å². The fourth-order valence-electron chi connectivity index (χ4n) is 2.71. The Morgan fingerprint density at radius 2 is 2.00 bits per heavy atom. The minimum absolute atomic E-state index is 0.0650. The van der Waals surface area contributed by atoms with E-state index in [0.29, 0.717) is 36.9 Å². The number of rotatable bonds is 4. The van der Waals surface area contributed by atoms with Gasteiger partial charge in [0.05, 0.1) is 23.7 Å². The van der Waals surface area contributed by atoms with Crippen molar-refractivity contribution in [3.8, 4) is 5.75 Å². The summed E-state index contributed by atoms with van der Waals surface area (Å²) in [5.74, 6) is 0.778. The van der Waals surface area contributed by atoms with Crippen LogP contribution >= 0.6 is 11.6 Å². The summed E-state index contributed by atoms with van der Waals surface area (Å²) in [7, 11) is 0. The summed E-state index contributed by atoms with van der Waals surface area (Å²) in [4.78, 5) is 14.4. The van der Waals surface area contributed by atoms with E-state index in [0.717, 1.165) is 11.3 Å². The zero-order valence-electron chi connectivity index (χ0n) is 13.6. The number of carbonyl (C=O) groups excluding carboxylic acids is 1. The molecule has 0 saturated carbocycles. The zero-order valence-corrected chi connectivity index (χ0v) is 14.3. The van der Waals surface area contributed by atoms with Crippen LogP contribution in [0.15, 0.2) is 48.5 Å². The lowest BCUT2D eigenvalue weighted by molar-refractivity contribution is -0.0402. The summed E-state index contributed by atoms with van der Waals surface area (Å²) in [5, 5.41) is 0.474. The highest BCUT2D eigenvalue weighted by Gasteiger charge is 2.26. The number of ether oxygens (including phenoxy) is 2. The number of halogens is 1. The average molecular weight is 346 g/mol. The van der Waals surface area contributed by atoms with Gasteiger partial charge in [-0.3, -0.25) is 4.79 Å². The largest absolute Gasteiger partial charge is 0.491 e. The number of morpholine rings is 1. The van der Waals surface area contributed by atoms with Crippen molar-refractivity contribution in [2.75, 3.05) is 26.3 Å². The van der Waals surface area contributed by atoms with Gasteiger partial charge in [0.25, 0.3) is 5.91 Å². The van der Waals surface area contributed by atoms with E-state index in [-0.39, 0.29) is 12.0 Å². The molecule has 24 heavy (non-hydrogen) atoms. The van der Waals surface area contributed by atoms with Crippen molar-refractivity contribution < 1.29 is 14.3 Å². The highest BCUT2D eigenvalue weighted by Crippen LogP contribution is 2.20. The Kier molecular flexibility index (Phi) is 5.38. The molecule has 3 rings (SSSR count). The number of aryl methyl sites for hydroxylation is 1. The number of amides is 1. The van der Waals surface area contributed by atoms with E-state index in [1.165, 1.54) is 0 Å². The van der Waals surface area contributed by atoms with Crippen LogP contribution in [-0.4, -0.2) is 43.2 Å². The number of benzene rings is 2. The molecule has 2 aromatic rings. The van der Waals surface area contributed by atoms with E-state index in [1.807, 2.05) is 43.3 Å². The molecule has 1 heterocycles. The van der Waals surface area contributed by atoms with E-state index < -0.39 is 0 Å². The van der Waals surface area contributed by atoms with Gasteiger partial charge in [-0.25, -0.2) is 0 Å². The number of nitrogens with zero attached hydrogens (tertiary/aromatic N) is 1. The molecule has 0 unspecified atom stereocenters. The number of carbonyl (C=O) groups is 1. The van der Waals surface area contributed by atoms with Crippen LogP contribution < -0.4 is 4.74 Å². The Balaban J connectivity index is 1.61. The van der Waals surface area contributed by atoms with Crippen molar-refractivity contribution in [1.29, 1.82) is 0 Å². The fourth-order valence-corrected chi connectivity index (χ4v) is 2.93. The lowest BCUT2D eigenvalue weighted by Crippen LogP contribution is -2.47. The normalized spacial score (nSPS) is 17.6. The van der Waals surface area contributed by atoms with Crippen LogP contribution in [0.2, 0.25) is 5.02 Å². The van der Waals surface area contributed by atoms with Crippen LogP contribution in [0, 0.1) is 6.92 Å². The standard InChI is InChI=1S/C19H20ClNO3/c1-14-6-2-5-9-18(14)24-13-15-12-21(10-11-23-15)19(22)16-7-3-4-8-17(16)20/h2-9,15H,10-13H2,1H3/t15-/m0/s1. The molecular weight excluding hydrogens is 326 g/mol. The maximum atomic E-state index is 12.6. The van der Waals surface area contributed by atoms with Gasteiger partial charge in [-0.15, -0.1) is 0 Å². The number of hydrogen-bond donors (Lipinski definition) is 0. The van der Waals surface area contributed by atoms with Gasteiger partial charge < -0.3 is 14.4 Å². The molecule has 2 aromatic carbocycles. The predicted octanol–water partition coefficient (Wildman–Crippen LogP) is 3.57. The van der Waals surface area contributed by atoms with Gasteiger partial charge in [-0.05, 0) is 30.7 Å². The van der Waals surface area contributed by atoms with Gasteiger partial charge in [0.15, 0.2) is 0 Å². The second-order valence-corrected chi connectivity index (χ2v) is 6.21. The smallest absolute Gasteiger partial charge is 0.255 e. The summed E-state index contributed by atoms with van der Waals surface area (Å²) < 4.78 is 11.6. The molecule has 0 spiro atoms. The first-order valence-electron chi connectivity index (χ1n) is 7.99. The SMILES string of the molecule is Cc1ccccc1OC[C@@H]1CN(C(=O)c2ccccc2Cl)CCO1. The molecule has 1 amide bonds. The Hall–Kier alpha value is -2.04. The maximum absolute atomic E-state index is 12.6. The monoisotopic (exact) mass is 345 g/mol. The van der Waals surface area contributed by atoms with Gasteiger partial charge in [0.1, 0.15) is 18.5 Å². The molecule has 0 aromatic heterocycles. The molecule has 0 aliphatic carbocycles. The first-order valence-corrected chi connectivity index (χ1v) is 8.37. The summed E-state index contributed by atoms with van der Waals surface area (Å²) >= 11 is 6.13. The van der Waals surface area contributed by atoms with E-state index in [4.69, 9.17) is 21.1 Å². The first kappa shape index (κ1) is 16.8. The highest BCUT2D eigenvalue weighted by atomic mass is 35.5. The van der Waals surface area contributed by atoms with Crippen molar-refractivity contribution >= 4 is 17.5 Å². The second-order valence-electron chi connectivity index (χ2n) is 5.80. The van der Waals surface area contributed by atoms with Crippen LogP contribution in [0.4, 0.5) is 0 Å². The Labute approximate surface area is 146 Å². The van der Waals surface area contributed by atoms with Crippen molar-refractivity contribution in [3.05, 3.63) is 64.7 Å². The van der Waals surface area contributed by atoms with Crippen molar-refractivity contribution in [2.45, 2.75) is 13.0 Å². The minimum Gasteiger partial charge on any atom is -0.491 e. The fraction of sp³-hybridized carbons (Fsp3) is 0.316. The summed E-state index contributed by atoms with van der Waals surface area (Å²) in [5.41, 5.74) is 1.61. The first-order chi connectivity index (χ1) is 11.6. The predicted molar refractivity (Wildman–Crippen MR) is 93.8 cm³/mol. The summed E-state index contributed by atoms with van der Waals surface area (Å²) in [6.45, 7) is 3.97. The molecule has 0 N–H and O–H groups in total. The average Bonchev–Trinajstić information content (AvgIpc) is 2.61. The molecule has 1 aliphatic heterocycles. The van der Waals surface area contributed by atoms with Crippen molar-refractivity contribution in [2.24, 2.45) is 0 Å². The van der Waals surface area contributed by atoms with Gasteiger partial charge in [-0.1, -0.05) is 41.9 Å². The van der Waals surface area contributed by atoms with Gasteiger partial charge >= 0.3 is 0 Å². The van der Waals surface area contributed by atoms with E-state index in [9.17, 15) is 4.79 Å². The van der Waals surface area contributed by atoms with E-state index in [2.05, 4.69) is 0 Å². The minimum atomic E-state index is -0.148. The zero-order chi connectivity index (χ0) is 16.9. The molecule has 1 aliphatic rings. The summed E-state index contributed by atoms with van der Waals surface area (Å²) in [6.07, 6.45) is -0.148. The third-order valence-electron chi connectivity index (χ3n) is 4.05. The molecule has 1 fully saturated rings. The molecular formula is C19H20ClNO3. The quantitative estimate of drug-likeness (QED) is 0.850. The maximum Gasteiger partial charge on any atom is 0.255 e. The molecule has 1 atom stereocenters. The molecule has 0 radical (unpaired) electrons. The van der Waals surface area contributed by atoms with Crippen LogP contribution in [0.25, 0.3) is 0 Å². The molecule has 5 heteroatoms. The van der Waals surface area contributed by atoms with Crippen molar-refractivity contribution in [1.82, 2.24) is 4.90 Å². The molecule has 126 valence electrons. The Morgan fingerprint density at radius 3 is 2.79 bits per heavy atom. The van der Waals surface area contributed by atoms with Gasteiger partial charge in [-0.2, -0.15) is 0 Å². The Bertz CT molecular complexity index is 719. The lowest BCUT2D eigenvalue weighted by Gasteiger charge is -2.33. The third-order valence-corrected chi connectivity index (χ3v) is 4.38. The topological polar surface area (TPSA) is 38.8 Å². The van der Waals surface area contributed by atoms with E-state index in [1.54, 1.807) is 17.0 Å². The third kappa shape index (κ3) is 3.89.